The molecule has 1 aliphatic heterocycles. The zero-order valence-electron chi connectivity index (χ0n) is 14.1. The van der Waals surface area contributed by atoms with Crippen LogP contribution in [0.5, 0.6) is 5.75 Å². The van der Waals surface area contributed by atoms with Crippen molar-refractivity contribution in [2.75, 3.05) is 20.3 Å². The molecule has 1 fully saturated rings. The summed E-state index contributed by atoms with van der Waals surface area (Å²) in [6.45, 7) is 7.71. The minimum Gasteiger partial charge on any atom is -0.497 e. The van der Waals surface area contributed by atoms with E-state index in [2.05, 4.69) is 54.9 Å². The Morgan fingerprint density at radius 2 is 1.83 bits per heavy atom. The quantitative estimate of drug-likeness (QED) is 0.713. The molecular weight excluding hydrogens is 356 g/mol. The third-order valence-electron chi connectivity index (χ3n) is 4.34. The van der Waals surface area contributed by atoms with Gasteiger partial charge in [-0.15, -0.1) is 0 Å². The fraction of sp³-hybridized carbons (Fsp3) is 0.474. The molecule has 3 rings (SSSR count). The maximum Gasteiger partial charge on any atom is 0.208 e. The van der Waals surface area contributed by atoms with Crippen molar-refractivity contribution in [3.8, 4) is 5.75 Å². The van der Waals surface area contributed by atoms with Crippen LogP contribution in [-0.4, -0.2) is 25.2 Å². The van der Waals surface area contributed by atoms with Gasteiger partial charge in [0.05, 0.1) is 25.2 Å². The lowest BCUT2D eigenvalue weighted by molar-refractivity contribution is -0.304. The molecular formula is C19H23BrO3. The Labute approximate surface area is 146 Å². The maximum atomic E-state index is 6.29. The van der Waals surface area contributed by atoms with E-state index in [1.54, 1.807) is 7.11 Å². The third kappa shape index (κ3) is 3.00. The zero-order valence-corrected chi connectivity index (χ0v) is 15.6. The van der Waals surface area contributed by atoms with Crippen LogP contribution >= 0.6 is 15.9 Å². The fourth-order valence-corrected chi connectivity index (χ4v) is 3.49. The van der Waals surface area contributed by atoms with E-state index >= 15 is 0 Å². The summed E-state index contributed by atoms with van der Waals surface area (Å²) >= 11 is 3.71. The predicted molar refractivity (Wildman–Crippen MR) is 96.3 cm³/mol. The monoisotopic (exact) mass is 378 g/mol. The molecule has 0 bridgehead atoms. The van der Waals surface area contributed by atoms with Crippen LogP contribution in [0.2, 0.25) is 0 Å². The van der Waals surface area contributed by atoms with Gasteiger partial charge in [0.1, 0.15) is 5.75 Å². The number of ether oxygens (including phenoxy) is 3. The summed E-state index contributed by atoms with van der Waals surface area (Å²) in [6, 6.07) is 12.3. The molecule has 3 nitrogen and oxygen atoms in total. The second kappa shape index (κ2) is 6.08. The standard InChI is InChI=1S/C19H23BrO3/c1-13(20)19(22-11-18(2,3)12-23-19)17-7-5-6-14-10-15(21-4)8-9-16(14)17/h5-10,13H,11-12H2,1-4H3. The Kier molecular flexibility index (Phi) is 4.43. The van der Waals surface area contributed by atoms with Gasteiger partial charge in [0.2, 0.25) is 5.79 Å². The Bertz CT molecular complexity index is 699. The summed E-state index contributed by atoms with van der Waals surface area (Å²) in [5.41, 5.74) is 1.08. The van der Waals surface area contributed by atoms with Crippen molar-refractivity contribution < 1.29 is 14.2 Å². The summed E-state index contributed by atoms with van der Waals surface area (Å²) in [5, 5.41) is 2.24. The molecule has 2 aromatic carbocycles. The van der Waals surface area contributed by atoms with E-state index in [0.717, 1.165) is 22.1 Å². The van der Waals surface area contributed by atoms with E-state index in [0.29, 0.717) is 13.2 Å². The highest BCUT2D eigenvalue weighted by molar-refractivity contribution is 9.09. The second-order valence-electron chi connectivity index (χ2n) is 6.92. The first-order valence-corrected chi connectivity index (χ1v) is 8.79. The van der Waals surface area contributed by atoms with Crippen LogP contribution in [0.4, 0.5) is 0 Å². The number of hydrogen-bond donors (Lipinski definition) is 0. The number of benzene rings is 2. The topological polar surface area (TPSA) is 27.7 Å². The summed E-state index contributed by atoms with van der Waals surface area (Å²) in [6.07, 6.45) is 0. The molecule has 1 unspecified atom stereocenters. The van der Waals surface area contributed by atoms with Crippen molar-refractivity contribution in [2.24, 2.45) is 5.41 Å². The first-order chi connectivity index (χ1) is 10.9. The third-order valence-corrected chi connectivity index (χ3v) is 4.94. The van der Waals surface area contributed by atoms with E-state index in [9.17, 15) is 0 Å². The van der Waals surface area contributed by atoms with Gasteiger partial charge in [0.25, 0.3) is 0 Å². The van der Waals surface area contributed by atoms with Gasteiger partial charge < -0.3 is 14.2 Å². The molecule has 0 amide bonds. The SMILES string of the molecule is COc1ccc2c(C3(C(C)Br)OCC(C)(C)CO3)cccc2c1. The van der Waals surface area contributed by atoms with E-state index in [1.807, 2.05) is 18.2 Å². The molecule has 2 aromatic rings. The van der Waals surface area contributed by atoms with Gasteiger partial charge in [-0.05, 0) is 29.8 Å². The van der Waals surface area contributed by atoms with Gasteiger partial charge in [-0.3, -0.25) is 0 Å². The van der Waals surface area contributed by atoms with Crippen LogP contribution in [-0.2, 0) is 15.3 Å². The predicted octanol–water partition coefficient (Wildman–Crippen LogP) is 4.86. The van der Waals surface area contributed by atoms with Gasteiger partial charge in [-0.1, -0.05) is 54.0 Å². The maximum absolute atomic E-state index is 6.29. The van der Waals surface area contributed by atoms with Crippen molar-refractivity contribution >= 4 is 26.7 Å². The largest absolute Gasteiger partial charge is 0.497 e. The smallest absolute Gasteiger partial charge is 0.208 e. The second-order valence-corrected chi connectivity index (χ2v) is 8.29. The van der Waals surface area contributed by atoms with Gasteiger partial charge in [-0.2, -0.15) is 0 Å². The van der Waals surface area contributed by atoms with Crippen molar-refractivity contribution in [1.29, 1.82) is 0 Å². The highest BCUT2D eigenvalue weighted by atomic mass is 79.9. The van der Waals surface area contributed by atoms with Crippen LogP contribution in [0.15, 0.2) is 36.4 Å². The number of alkyl halides is 1. The molecule has 1 aliphatic rings. The first kappa shape index (κ1) is 16.7. The van der Waals surface area contributed by atoms with Crippen LogP contribution < -0.4 is 4.74 Å². The molecule has 23 heavy (non-hydrogen) atoms. The summed E-state index contributed by atoms with van der Waals surface area (Å²) in [5.74, 6) is 0.0751. The Hall–Kier alpha value is -1.10. The normalized spacial score (nSPS) is 21.1. The number of halogens is 1. The molecule has 0 radical (unpaired) electrons. The van der Waals surface area contributed by atoms with E-state index in [-0.39, 0.29) is 10.2 Å². The molecule has 124 valence electrons. The van der Waals surface area contributed by atoms with Crippen LogP contribution in [0, 0.1) is 5.41 Å². The van der Waals surface area contributed by atoms with E-state index < -0.39 is 5.79 Å². The van der Waals surface area contributed by atoms with Gasteiger partial charge >= 0.3 is 0 Å². The average Bonchev–Trinajstić information content (AvgIpc) is 2.54. The first-order valence-electron chi connectivity index (χ1n) is 7.87. The summed E-state index contributed by atoms with van der Waals surface area (Å²) < 4.78 is 17.9. The highest BCUT2D eigenvalue weighted by Crippen LogP contribution is 2.44. The molecule has 0 saturated carbocycles. The molecule has 4 heteroatoms. The fourth-order valence-electron chi connectivity index (χ4n) is 2.98. The lowest BCUT2D eigenvalue weighted by Crippen LogP contribution is -2.49. The Morgan fingerprint density at radius 1 is 1.13 bits per heavy atom. The lowest BCUT2D eigenvalue weighted by atomic mass is 9.90. The minimum atomic E-state index is -0.774. The number of fused-ring (bicyclic) bond motifs is 1. The number of hydrogen-bond acceptors (Lipinski definition) is 3. The van der Waals surface area contributed by atoms with Crippen LogP contribution in [0.25, 0.3) is 10.8 Å². The number of methoxy groups -OCH3 is 1. The van der Waals surface area contributed by atoms with Crippen molar-refractivity contribution in [1.82, 2.24) is 0 Å². The van der Waals surface area contributed by atoms with E-state index in [4.69, 9.17) is 14.2 Å². The molecule has 1 heterocycles. The molecule has 1 atom stereocenters. The molecule has 0 aromatic heterocycles. The van der Waals surface area contributed by atoms with Gasteiger partial charge in [0, 0.05) is 11.0 Å². The average molecular weight is 379 g/mol. The Balaban J connectivity index is 2.12. The van der Waals surface area contributed by atoms with E-state index in [1.165, 1.54) is 0 Å². The minimum absolute atomic E-state index is 0.0267. The van der Waals surface area contributed by atoms with Crippen molar-refractivity contribution in [3.63, 3.8) is 0 Å². The molecule has 0 spiro atoms. The number of rotatable bonds is 3. The molecule has 1 saturated heterocycles. The lowest BCUT2D eigenvalue weighted by Gasteiger charge is -2.45. The molecule has 0 N–H and O–H groups in total. The van der Waals surface area contributed by atoms with Crippen LogP contribution in [0.3, 0.4) is 0 Å². The summed E-state index contributed by atoms with van der Waals surface area (Å²) in [7, 11) is 1.68. The summed E-state index contributed by atoms with van der Waals surface area (Å²) in [4.78, 5) is 0.0267. The van der Waals surface area contributed by atoms with Gasteiger partial charge in [-0.25, -0.2) is 0 Å². The Morgan fingerprint density at radius 3 is 2.43 bits per heavy atom. The van der Waals surface area contributed by atoms with Crippen molar-refractivity contribution in [2.45, 2.75) is 31.4 Å². The van der Waals surface area contributed by atoms with Crippen LogP contribution in [0.1, 0.15) is 26.3 Å². The zero-order chi connectivity index (χ0) is 16.7. The van der Waals surface area contributed by atoms with Gasteiger partial charge in [0.15, 0.2) is 0 Å². The van der Waals surface area contributed by atoms with Crippen molar-refractivity contribution in [3.05, 3.63) is 42.0 Å². The molecule has 0 aliphatic carbocycles. The highest BCUT2D eigenvalue weighted by Gasteiger charge is 2.46.